The smallest absolute Gasteiger partial charge is 0.322 e. The van der Waals surface area contributed by atoms with Gasteiger partial charge in [-0.1, -0.05) is 11.6 Å². The third-order valence-corrected chi connectivity index (χ3v) is 3.12. The van der Waals surface area contributed by atoms with Gasteiger partial charge in [0, 0.05) is 22.8 Å². The Labute approximate surface area is 113 Å². The van der Waals surface area contributed by atoms with Gasteiger partial charge in [0.2, 0.25) is 0 Å². The van der Waals surface area contributed by atoms with Gasteiger partial charge in [-0.25, -0.2) is 4.79 Å². The van der Waals surface area contributed by atoms with Gasteiger partial charge in [-0.05, 0) is 57.4 Å². The highest BCUT2D eigenvalue weighted by Crippen LogP contribution is 2.29. The lowest BCUT2D eigenvalue weighted by molar-refractivity contribution is 0.237. The number of halogens is 1. The van der Waals surface area contributed by atoms with Crippen molar-refractivity contribution in [1.82, 2.24) is 5.32 Å². The molecule has 1 aliphatic rings. The summed E-state index contributed by atoms with van der Waals surface area (Å²) in [5.41, 5.74) is 1.91. The van der Waals surface area contributed by atoms with E-state index in [-0.39, 0.29) is 11.6 Å². The van der Waals surface area contributed by atoms with Crippen molar-refractivity contribution in [3.8, 4) is 0 Å². The van der Waals surface area contributed by atoms with Crippen LogP contribution in [0, 0.1) is 0 Å². The molecule has 98 valence electrons. The van der Waals surface area contributed by atoms with E-state index in [0.717, 1.165) is 35.7 Å². The van der Waals surface area contributed by atoms with E-state index in [9.17, 15) is 4.79 Å². The highest BCUT2D eigenvalue weighted by atomic mass is 35.5. The Bertz CT molecular complexity index is 465. The number of carbonyl (C=O) groups is 1. The minimum Gasteiger partial charge on any atom is -0.333 e. The van der Waals surface area contributed by atoms with Crippen molar-refractivity contribution in [1.29, 1.82) is 0 Å². The fourth-order valence-electron chi connectivity index (χ4n) is 2.16. The Morgan fingerprint density at radius 3 is 2.78 bits per heavy atom. The second-order valence-corrected chi connectivity index (χ2v) is 6.14. The number of fused-ring (bicyclic) bond motifs is 1. The van der Waals surface area contributed by atoms with Crippen molar-refractivity contribution in [2.45, 2.75) is 39.2 Å². The molecule has 18 heavy (non-hydrogen) atoms. The molecule has 1 heterocycles. The molecule has 0 atom stereocenters. The highest BCUT2D eigenvalue weighted by Gasteiger charge is 2.25. The van der Waals surface area contributed by atoms with Gasteiger partial charge in [-0.2, -0.15) is 0 Å². The molecule has 1 N–H and O–H groups in total. The maximum Gasteiger partial charge on any atom is 0.322 e. The molecule has 0 bridgehead atoms. The van der Waals surface area contributed by atoms with Crippen molar-refractivity contribution in [2.24, 2.45) is 0 Å². The quantitative estimate of drug-likeness (QED) is 0.765. The second kappa shape index (κ2) is 4.81. The van der Waals surface area contributed by atoms with Crippen molar-refractivity contribution in [2.75, 3.05) is 11.4 Å². The average molecular weight is 267 g/mol. The molecule has 0 aliphatic carbocycles. The summed E-state index contributed by atoms with van der Waals surface area (Å²) < 4.78 is 0. The lowest BCUT2D eigenvalue weighted by atomic mass is 10.0. The van der Waals surface area contributed by atoms with E-state index in [0.29, 0.717) is 0 Å². The first-order valence-electron chi connectivity index (χ1n) is 6.25. The van der Waals surface area contributed by atoms with Gasteiger partial charge in [0.05, 0.1) is 0 Å². The molecule has 0 spiro atoms. The molecule has 2 rings (SSSR count). The third-order valence-electron chi connectivity index (χ3n) is 2.89. The van der Waals surface area contributed by atoms with Crippen LogP contribution in [0.1, 0.15) is 32.8 Å². The number of hydrogen-bond acceptors (Lipinski definition) is 1. The summed E-state index contributed by atoms with van der Waals surface area (Å²) in [4.78, 5) is 14.0. The van der Waals surface area contributed by atoms with Gasteiger partial charge in [-0.15, -0.1) is 0 Å². The van der Waals surface area contributed by atoms with Crippen LogP contribution in [-0.4, -0.2) is 18.1 Å². The van der Waals surface area contributed by atoms with E-state index in [1.165, 1.54) is 0 Å². The molecule has 3 nitrogen and oxygen atoms in total. The van der Waals surface area contributed by atoms with Crippen molar-refractivity contribution in [3.05, 3.63) is 28.8 Å². The fraction of sp³-hybridized carbons (Fsp3) is 0.500. The Hall–Kier alpha value is -1.22. The first-order chi connectivity index (χ1) is 8.37. The predicted octanol–water partition coefficient (Wildman–Crippen LogP) is 3.60. The van der Waals surface area contributed by atoms with Gasteiger partial charge in [-0.3, -0.25) is 4.90 Å². The number of anilines is 1. The maximum atomic E-state index is 12.2. The van der Waals surface area contributed by atoms with E-state index in [2.05, 4.69) is 5.32 Å². The molecule has 1 aromatic carbocycles. The molecule has 0 radical (unpaired) electrons. The molecule has 0 unspecified atom stereocenters. The lowest BCUT2D eigenvalue weighted by Crippen LogP contribution is -2.50. The molecule has 4 heteroatoms. The molecule has 0 aromatic heterocycles. The number of rotatable bonds is 0. The molecule has 0 saturated heterocycles. The van der Waals surface area contributed by atoms with Crippen molar-refractivity contribution >= 4 is 23.3 Å². The standard InChI is InChI=1S/C14H19ClN2O/c1-14(2,3)16-13(18)17-8-4-5-10-9-11(15)6-7-12(10)17/h6-7,9H,4-5,8H2,1-3H3,(H,16,18). The van der Waals surface area contributed by atoms with Crippen molar-refractivity contribution < 1.29 is 4.79 Å². The van der Waals surface area contributed by atoms with E-state index in [4.69, 9.17) is 11.6 Å². The lowest BCUT2D eigenvalue weighted by Gasteiger charge is -2.32. The molecule has 1 aliphatic heterocycles. The zero-order chi connectivity index (χ0) is 13.3. The summed E-state index contributed by atoms with van der Waals surface area (Å²) in [5.74, 6) is 0. The van der Waals surface area contributed by atoms with Crippen LogP contribution >= 0.6 is 11.6 Å². The predicted molar refractivity (Wildman–Crippen MR) is 75.4 cm³/mol. The van der Waals surface area contributed by atoms with Crippen LogP contribution in [0.2, 0.25) is 5.02 Å². The molecule has 1 aromatic rings. The number of nitrogens with zero attached hydrogens (tertiary/aromatic N) is 1. The minimum atomic E-state index is -0.221. The van der Waals surface area contributed by atoms with Gasteiger partial charge < -0.3 is 5.32 Å². The highest BCUT2D eigenvalue weighted by molar-refractivity contribution is 6.30. The number of aryl methyl sites for hydroxylation is 1. The van der Waals surface area contributed by atoms with Crippen LogP contribution in [0.5, 0.6) is 0 Å². The van der Waals surface area contributed by atoms with Crippen LogP contribution < -0.4 is 10.2 Å². The first-order valence-corrected chi connectivity index (χ1v) is 6.63. The summed E-state index contributed by atoms with van der Waals surface area (Å²) in [6, 6.07) is 5.68. The fourth-order valence-corrected chi connectivity index (χ4v) is 2.36. The summed E-state index contributed by atoms with van der Waals surface area (Å²) in [6.45, 7) is 6.71. The van der Waals surface area contributed by atoms with Gasteiger partial charge in [0.1, 0.15) is 0 Å². The topological polar surface area (TPSA) is 32.3 Å². The summed E-state index contributed by atoms with van der Waals surface area (Å²) >= 11 is 5.99. The number of hydrogen-bond donors (Lipinski definition) is 1. The Morgan fingerprint density at radius 2 is 2.11 bits per heavy atom. The van der Waals surface area contributed by atoms with Gasteiger partial charge in [0.25, 0.3) is 0 Å². The third kappa shape index (κ3) is 2.96. The Balaban J connectivity index is 2.25. The minimum absolute atomic E-state index is 0.0363. The van der Waals surface area contributed by atoms with Gasteiger partial charge in [0.15, 0.2) is 0 Å². The number of carbonyl (C=O) groups excluding carboxylic acids is 1. The van der Waals surface area contributed by atoms with E-state index < -0.39 is 0 Å². The second-order valence-electron chi connectivity index (χ2n) is 5.71. The maximum absolute atomic E-state index is 12.2. The van der Waals surface area contributed by atoms with E-state index >= 15 is 0 Å². The van der Waals surface area contributed by atoms with Crippen LogP contribution in [-0.2, 0) is 6.42 Å². The number of urea groups is 1. The number of amides is 2. The summed E-state index contributed by atoms with van der Waals surface area (Å²) in [5, 5.41) is 3.73. The zero-order valence-electron chi connectivity index (χ0n) is 11.1. The van der Waals surface area contributed by atoms with Crippen LogP contribution in [0.25, 0.3) is 0 Å². The Kier molecular flexibility index (Phi) is 3.53. The largest absolute Gasteiger partial charge is 0.333 e. The van der Waals surface area contributed by atoms with Crippen LogP contribution in [0.3, 0.4) is 0 Å². The zero-order valence-corrected chi connectivity index (χ0v) is 11.8. The summed E-state index contributed by atoms with van der Waals surface area (Å²) in [7, 11) is 0. The molecular weight excluding hydrogens is 248 g/mol. The number of nitrogens with one attached hydrogen (secondary N) is 1. The van der Waals surface area contributed by atoms with Gasteiger partial charge >= 0.3 is 6.03 Å². The van der Waals surface area contributed by atoms with E-state index in [1.54, 1.807) is 4.90 Å². The van der Waals surface area contributed by atoms with E-state index in [1.807, 2.05) is 39.0 Å². The summed E-state index contributed by atoms with van der Waals surface area (Å²) in [6.07, 6.45) is 1.96. The van der Waals surface area contributed by atoms with Crippen LogP contribution in [0.15, 0.2) is 18.2 Å². The molecule has 2 amide bonds. The Morgan fingerprint density at radius 1 is 1.39 bits per heavy atom. The molecule has 0 saturated carbocycles. The monoisotopic (exact) mass is 266 g/mol. The molecular formula is C14H19ClN2O. The molecule has 0 fully saturated rings. The SMILES string of the molecule is CC(C)(C)NC(=O)N1CCCc2cc(Cl)ccc21. The number of benzene rings is 1. The first kappa shape index (κ1) is 13.2. The average Bonchev–Trinajstić information content (AvgIpc) is 2.25. The van der Waals surface area contributed by atoms with Crippen molar-refractivity contribution in [3.63, 3.8) is 0 Å². The van der Waals surface area contributed by atoms with Crippen LogP contribution in [0.4, 0.5) is 10.5 Å². The normalized spacial score (nSPS) is 15.2.